The molecule has 2 aromatic heterocycles. The molecular formula is C74H105N21O19. The Hall–Kier alpha value is -11.9. The molecule has 7 rings (SSSR count). The number of Topliss-reactive ketones (excluding diaryl/α,β-unsaturated/α-hetero) is 1. The molecule has 25 N–H and O–H groups in total. The van der Waals surface area contributed by atoms with Gasteiger partial charge in [-0.3, -0.25) is 82.1 Å². The maximum Gasteiger partial charge on any atom is 0.245 e. The fourth-order valence-corrected chi connectivity index (χ4v) is 13.3. The van der Waals surface area contributed by atoms with Crippen LogP contribution in [0, 0.1) is 11.3 Å². The van der Waals surface area contributed by atoms with E-state index in [0.29, 0.717) is 17.5 Å². The molecule has 4 heterocycles. The number of imidazole rings is 1. The van der Waals surface area contributed by atoms with Crippen LogP contribution in [0.5, 0.6) is 0 Å². The predicted octanol–water partition coefficient (Wildman–Crippen LogP) is -6.13. The van der Waals surface area contributed by atoms with Gasteiger partial charge in [0.05, 0.1) is 37.9 Å². The molecule has 3 aliphatic rings. The highest BCUT2D eigenvalue weighted by Crippen LogP contribution is 2.25. The number of aliphatic hydroxyl groups excluding tert-OH is 3. The summed E-state index contributed by atoms with van der Waals surface area (Å²) in [5.41, 5.74) is 18.8. The van der Waals surface area contributed by atoms with E-state index in [1.807, 2.05) is 6.07 Å². The molecule has 620 valence electrons. The van der Waals surface area contributed by atoms with Gasteiger partial charge in [-0.05, 0) is 81.4 Å². The van der Waals surface area contributed by atoms with Crippen LogP contribution < -0.4 is 86.3 Å². The van der Waals surface area contributed by atoms with Gasteiger partial charge < -0.3 is 117 Å². The molecule has 4 aromatic rings. The summed E-state index contributed by atoms with van der Waals surface area (Å²) in [6.07, 6.45) is 1.48. The SMILES string of the molecule is CCCC[C@H](NC(=O)[C@H](CO)NC(=O)[C@H](Cc1c[nH]cn1)NC(=O)[C@H](CCC(N)=O)NC(=O)[C@H](CO)NC(=O)CNC(=O)C1CCC(=O)CC1)C(=O)N[C@H]1CCC(=O)NCCCC[C@@H](C(N)=O)NC(=O)[C@H](Cc2c[nH]c3ccccc23)NC(=O)[C@H](CCCNC(=N)N)NC(=O)[C@@H](Cc2ccccc2)NC(=O)[C@@H]2C[C@@H](O)CN2C1=O. The largest absolute Gasteiger partial charge is 0.394 e. The predicted molar refractivity (Wildman–Crippen MR) is 406 cm³/mol. The number of amides is 15. The zero-order chi connectivity index (χ0) is 83.0. The third-order valence-corrected chi connectivity index (χ3v) is 19.7. The minimum atomic E-state index is -1.91. The van der Waals surface area contributed by atoms with Crippen LogP contribution in [0.1, 0.15) is 133 Å². The number of nitrogens with zero attached hydrogens (tertiary/aromatic N) is 2. The molecule has 1 aliphatic carbocycles. The third kappa shape index (κ3) is 28.1. The van der Waals surface area contributed by atoms with Crippen LogP contribution in [-0.4, -0.2) is 247 Å². The second kappa shape index (κ2) is 44.9. The summed E-state index contributed by atoms with van der Waals surface area (Å²) in [4.78, 5) is 233. The lowest BCUT2D eigenvalue weighted by atomic mass is 9.88. The number of carbonyl (C=O) groups is 16. The van der Waals surface area contributed by atoms with Gasteiger partial charge in [0.1, 0.15) is 72.2 Å². The Morgan fingerprint density at radius 3 is 1.93 bits per heavy atom. The van der Waals surface area contributed by atoms with E-state index >= 15 is 4.79 Å². The molecule has 40 heteroatoms. The number of aliphatic hydroxyl groups is 3. The van der Waals surface area contributed by atoms with Gasteiger partial charge in [-0.1, -0.05) is 68.3 Å². The fourth-order valence-electron chi connectivity index (χ4n) is 13.3. The summed E-state index contributed by atoms with van der Waals surface area (Å²) in [5, 5.41) is 73.8. The van der Waals surface area contributed by atoms with Crippen molar-refractivity contribution in [2.75, 3.05) is 39.4 Å². The van der Waals surface area contributed by atoms with Crippen molar-refractivity contribution in [2.24, 2.45) is 23.1 Å². The Balaban J connectivity index is 1.12. The van der Waals surface area contributed by atoms with E-state index in [1.54, 1.807) is 61.7 Å². The minimum Gasteiger partial charge on any atom is -0.394 e. The van der Waals surface area contributed by atoms with Gasteiger partial charge in [-0.15, -0.1) is 0 Å². The average molecular weight is 1590 g/mol. The van der Waals surface area contributed by atoms with E-state index in [1.165, 1.54) is 12.5 Å². The third-order valence-electron chi connectivity index (χ3n) is 19.7. The molecule has 0 unspecified atom stereocenters. The van der Waals surface area contributed by atoms with Crippen LogP contribution >= 0.6 is 0 Å². The average Bonchev–Trinajstić information content (AvgIpc) is 1.65. The molecule has 0 radical (unpaired) electrons. The number of hydrogen-bond acceptors (Lipinski definition) is 21. The zero-order valence-electron chi connectivity index (χ0n) is 63.3. The van der Waals surface area contributed by atoms with Crippen molar-refractivity contribution in [3.63, 3.8) is 0 Å². The van der Waals surface area contributed by atoms with Gasteiger partial charge in [-0.25, -0.2) is 4.98 Å². The van der Waals surface area contributed by atoms with Gasteiger partial charge in [0.25, 0.3) is 0 Å². The monoisotopic (exact) mass is 1590 g/mol. The first-order chi connectivity index (χ1) is 54.5. The Kier molecular flexibility index (Phi) is 35.2. The number of guanidine groups is 1. The first kappa shape index (κ1) is 89.3. The normalized spacial score (nSPS) is 21.1. The van der Waals surface area contributed by atoms with Crippen molar-refractivity contribution >= 4 is 111 Å². The number of nitrogens with one attached hydrogen (secondary N) is 16. The van der Waals surface area contributed by atoms with E-state index in [-0.39, 0.29) is 114 Å². The number of H-pyrrole nitrogens is 2. The number of nitrogens with two attached hydrogens (primary N) is 3. The number of primary amides is 2. The van der Waals surface area contributed by atoms with Crippen LogP contribution in [0.25, 0.3) is 10.9 Å². The molecule has 2 aromatic carbocycles. The number of carbonyl (C=O) groups excluding carboxylic acids is 16. The van der Waals surface area contributed by atoms with Crippen molar-refractivity contribution in [1.82, 2.24) is 89.0 Å². The van der Waals surface area contributed by atoms with Gasteiger partial charge in [-0.2, -0.15) is 0 Å². The summed E-state index contributed by atoms with van der Waals surface area (Å²) in [6, 6.07) is -2.07. The molecule has 0 spiro atoms. The summed E-state index contributed by atoms with van der Waals surface area (Å²) in [7, 11) is 0. The lowest BCUT2D eigenvalue weighted by Crippen LogP contribution is -2.61. The van der Waals surface area contributed by atoms with Crippen LogP contribution in [0.4, 0.5) is 0 Å². The second-order valence-electron chi connectivity index (χ2n) is 28.4. The quantitative estimate of drug-likeness (QED) is 0.0120. The summed E-state index contributed by atoms with van der Waals surface area (Å²) in [5.74, 6) is -15.1. The van der Waals surface area contributed by atoms with Gasteiger partial charge in [0, 0.05) is 100 Å². The van der Waals surface area contributed by atoms with E-state index < -0.39 is 232 Å². The molecule has 0 bridgehead atoms. The molecule has 40 nitrogen and oxygen atoms in total. The zero-order valence-corrected chi connectivity index (χ0v) is 63.3. The van der Waals surface area contributed by atoms with Crippen LogP contribution in [0.3, 0.4) is 0 Å². The minimum absolute atomic E-state index is 0.00524. The number of ketones is 1. The van der Waals surface area contributed by atoms with E-state index in [2.05, 4.69) is 84.1 Å². The Bertz CT molecular complexity index is 4040. The number of aromatic amines is 2. The Morgan fingerprint density at radius 1 is 0.649 bits per heavy atom. The standard InChI is InChI=1S/C74H105N21O19/c1-2-3-15-49(88-71(112)57(38-97)94-69(110)55(31-43-34-79-39-84-43)92-66(107)51(23-25-59(75)100)89-70(111)56(37-96)85-61(102)35-83-63(104)41-19-21-44(98)22-20-41)64(105)90-52-24-26-60(101)80-27-10-9-17-48(62(76)103)86-68(109)54(30-42-33-82-47-16-8-7-14-46(42)47)91-65(106)50(18-11-28-81-74(77)78)87-67(108)53(29-40-12-5-4-6-13-40)93-72(113)58-32-45(99)36-95(58)73(52)114/h4-8,12-14,16,33-34,39,41,45,48-58,82,96-97,99H,2-3,9-11,15,17-32,35-38H2,1H3,(H2,75,100)(H2,76,103)(H,79,84)(H,80,101)(H,83,104)(H,85,102)(H,86,109)(H,87,108)(H,88,112)(H,89,111)(H,90,105)(H,91,106)(H,92,107)(H,93,113)(H,94,110)(H4,77,78,81)/t45-,48+,49+,50+,51+,52+,53-,54+,55+,56+,57+,58+/m1/s1. The van der Waals surface area contributed by atoms with Gasteiger partial charge >= 0.3 is 0 Å². The second-order valence-corrected chi connectivity index (χ2v) is 28.4. The molecule has 15 amide bonds. The molecule has 12 atom stereocenters. The van der Waals surface area contributed by atoms with E-state index in [9.17, 15) is 87.2 Å². The highest BCUT2D eigenvalue weighted by molar-refractivity contribution is 6.01. The van der Waals surface area contributed by atoms with Crippen LogP contribution in [-0.2, 0) is 96.0 Å². The number of unbranched alkanes of at least 4 members (excludes halogenated alkanes) is 1. The number of para-hydroxylation sites is 1. The summed E-state index contributed by atoms with van der Waals surface area (Å²) < 4.78 is 0. The maximum absolute atomic E-state index is 15.3. The Morgan fingerprint density at radius 2 is 1.26 bits per heavy atom. The molecule has 114 heavy (non-hydrogen) atoms. The van der Waals surface area contributed by atoms with E-state index in [4.69, 9.17) is 22.6 Å². The fraction of sp³-hybridized carbons (Fsp3) is 0.541. The van der Waals surface area contributed by atoms with Crippen molar-refractivity contribution < 1.29 is 92.0 Å². The molecular weight excluding hydrogens is 1490 g/mol. The first-order valence-electron chi connectivity index (χ1n) is 38.1. The molecule has 2 aliphatic heterocycles. The van der Waals surface area contributed by atoms with Crippen molar-refractivity contribution in [3.05, 3.63) is 90.1 Å². The molecule has 1 saturated carbocycles. The highest BCUT2D eigenvalue weighted by atomic mass is 16.3. The first-order valence-corrected chi connectivity index (χ1v) is 38.1. The van der Waals surface area contributed by atoms with Gasteiger partial charge in [0.15, 0.2) is 5.96 Å². The lowest BCUT2D eigenvalue weighted by molar-refractivity contribution is -0.143. The number of hydrogen-bond donors (Lipinski definition) is 22. The molecule has 3 fully saturated rings. The Labute approximate surface area is 655 Å². The number of rotatable bonds is 33. The summed E-state index contributed by atoms with van der Waals surface area (Å²) >= 11 is 0. The topological polar surface area (TPSA) is 640 Å². The lowest BCUT2D eigenvalue weighted by Gasteiger charge is -2.31. The van der Waals surface area contributed by atoms with Crippen LogP contribution in [0.2, 0.25) is 0 Å². The summed E-state index contributed by atoms with van der Waals surface area (Å²) in [6.45, 7) is -1.53. The smallest absolute Gasteiger partial charge is 0.245 e. The van der Waals surface area contributed by atoms with E-state index in [0.717, 1.165) is 15.8 Å². The number of fused-ring (bicyclic) bond motifs is 2. The van der Waals surface area contributed by atoms with Crippen molar-refractivity contribution in [3.8, 4) is 0 Å². The van der Waals surface area contributed by atoms with Gasteiger partial charge in [0.2, 0.25) is 88.6 Å². The van der Waals surface area contributed by atoms with Crippen LogP contribution in [0.15, 0.2) is 73.3 Å². The highest BCUT2D eigenvalue weighted by Gasteiger charge is 2.44. The maximum atomic E-state index is 15.3. The van der Waals surface area contributed by atoms with Crippen molar-refractivity contribution in [2.45, 2.75) is 208 Å². The number of benzene rings is 2. The molecule has 2 saturated heterocycles. The van der Waals surface area contributed by atoms with Crippen molar-refractivity contribution in [1.29, 1.82) is 5.41 Å². The number of aromatic nitrogens is 3.